The molecular weight excluding hydrogens is 713 g/mol. The zero-order valence-electron chi connectivity index (χ0n) is 30.7. The van der Waals surface area contributed by atoms with Gasteiger partial charge in [0.2, 0.25) is 11.8 Å². The van der Waals surface area contributed by atoms with Crippen LogP contribution in [0.25, 0.3) is 0 Å². The Morgan fingerprint density at radius 1 is 0.981 bits per heavy atom. The van der Waals surface area contributed by atoms with Crippen LogP contribution in [-0.2, 0) is 35.8 Å². The molecule has 1 saturated carbocycles. The van der Waals surface area contributed by atoms with Gasteiger partial charge in [0.05, 0.1) is 19.3 Å². The van der Waals surface area contributed by atoms with Gasteiger partial charge in [-0.15, -0.1) is 6.58 Å². The molecule has 17 heteroatoms. The van der Waals surface area contributed by atoms with Crippen molar-refractivity contribution in [1.82, 2.24) is 34.8 Å². The summed E-state index contributed by atoms with van der Waals surface area (Å²) >= 11 is 0. The first-order valence-electron chi connectivity index (χ1n) is 18.7. The number of amides is 3. The number of piperazine rings is 1. The highest BCUT2D eigenvalue weighted by atomic mass is 32.2. The smallest absolute Gasteiger partial charge is 0.351 e. The summed E-state index contributed by atoms with van der Waals surface area (Å²) < 4.78 is 67.2. The van der Waals surface area contributed by atoms with Gasteiger partial charge in [-0.25, -0.2) is 0 Å². The summed E-state index contributed by atoms with van der Waals surface area (Å²) in [6.45, 7) is 7.70. The number of carbonyl (C=O) groups is 3. The number of benzene rings is 1. The Hall–Kier alpha value is -3.06. The number of aliphatic hydroxyl groups is 1. The second kappa shape index (κ2) is 20.6. The van der Waals surface area contributed by atoms with Gasteiger partial charge in [-0.3, -0.25) is 19.3 Å². The van der Waals surface area contributed by atoms with Crippen molar-refractivity contribution in [3.63, 3.8) is 0 Å². The molecule has 5 N–H and O–H groups in total. The fourth-order valence-corrected chi connectivity index (χ4v) is 8.32. The number of hydrogen-bond donors (Lipinski definition) is 5. The van der Waals surface area contributed by atoms with Crippen molar-refractivity contribution in [2.75, 3.05) is 72.6 Å². The predicted octanol–water partition coefficient (Wildman–Crippen LogP) is 0.640. The van der Waals surface area contributed by atoms with E-state index in [1.54, 1.807) is 30.3 Å². The van der Waals surface area contributed by atoms with Gasteiger partial charge in [0, 0.05) is 52.4 Å². The van der Waals surface area contributed by atoms with E-state index in [-0.39, 0.29) is 44.8 Å². The van der Waals surface area contributed by atoms with Crippen molar-refractivity contribution in [3.8, 4) is 0 Å². The van der Waals surface area contributed by atoms with Gasteiger partial charge < -0.3 is 30.7 Å². The Labute approximate surface area is 312 Å². The molecule has 2 heterocycles. The van der Waals surface area contributed by atoms with Gasteiger partial charge in [0.1, 0.15) is 18.2 Å². The van der Waals surface area contributed by atoms with Crippen molar-refractivity contribution in [3.05, 3.63) is 48.6 Å². The van der Waals surface area contributed by atoms with E-state index < -0.39 is 58.1 Å². The van der Waals surface area contributed by atoms with Crippen molar-refractivity contribution in [2.24, 2.45) is 5.92 Å². The second-order valence-electron chi connectivity index (χ2n) is 14.3. The molecule has 14 nitrogen and oxygen atoms in total. The Balaban J connectivity index is 1.48. The van der Waals surface area contributed by atoms with Crippen LogP contribution in [0, 0.1) is 5.92 Å². The van der Waals surface area contributed by atoms with Crippen LogP contribution in [0.5, 0.6) is 0 Å². The molecule has 3 amide bonds. The van der Waals surface area contributed by atoms with E-state index in [2.05, 4.69) is 27.3 Å². The van der Waals surface area contributed by atoms with Crippen molar-refractivity contribution in [1.29, 1.82) is 0 Å². The molecule has 2 saturated heterocycles. The lowest BCUT2D eigenvalue weighted by atomic mass is 9.82. The van der Waals surface area contributed by atoms with Crippen LogP contribution < -0.4 is 20.7 Å². The molecule has 3 fully saturated rings. The topological polar surface area (TPSA) is 173 Å². The fraction of sp³-hybridized carbons (Fsp3) is 0.694. The highest BCUT2D eigenvalue weighted by Gasteiger charge is 2.51. The SMILES string of the molecule is C=CC[C@H](NC(=O)C(Cc1ccccc1)NS(=O)(=O)N1CCN(C)CC1)C(=O)N[C@@H](CC1CCCCC1)C(O)C(F)(F)C(=O)NCCN1CCOCC1. The van der Waals surface area contributed by atoms with Gasteiger partial charge in [-0.05, 0) is 37.8 Å². The summed E-state index contributed by atoms with van der Waals surface area (Å²) in [4.78, 5) is 44.4. The molecule has 1 aliphatic carbocycles. The lowest BCUT2D eigenvalue weighted by molar-refractivity contribution is -0.168. The van der Waals surface area contributed by atoms with Gasteiger partial charge in [-0.1, -0.05) is 68.5 Å². The molecule has 298 valence electrons. The third kappa shape index (κ3) is 13.0. The van der Waals surface area contributed by atoms with E-state index in [4.69, 9.17) is 4.74 Å². The number of aliphatic hydroxyl groups excluding tert-OH is 1. The zero-order valence-corrected chi connectivity index (χ0v) is 31.5. The number of nitrogens with zero attached hydrogens (tertiary/aromatic N) is 3. The number of nitrogens with one attached hydrogen (secondary N) is 4. The van der Waals surface area contributed by atoms with Crippen LogP contribution in [0.3, 0.4) is 0 Å². The first kappa shape index (κ1) is 42.7. The summed E-state index contributed by atoms with van der Waals surface area (Å²) in [7, 11) is -2.23. The molecule has 0 bridgehead atoms. The number of morpholine rings is 1. The van der Waals surface area contributed by atoms with Crippen molar-refractivity contribution in [2.45, 2.75) is 81.5 Å². The molecule has 2 aliphatic heterocycles. The minimum Gasteiger partial charge on any atom is -0.384 e. The number of rotatable bonds is 19. The van der Waals surface area contributed by atoms with Crippen LogP contribution in [-0.4, -0.2) is 148 Å². The Bertz CT molecular complexity index is 1440. The standard InChI is InChI=1S/C36H57F2N7O7S/c1-3-10-29(40-34(48)31(26-28-13-8-5-9-14-28)42-53(50,51)45-19-17-43(2)18-20-45)33(47)41-30(25-27-11-6-4-7-12-27)32(46)36(37,38)35(49)39-15-16-44-21-23-52-24-22-44/h3,5,8-9,13-14,27,29-32,42,46H,1,4,6-7,10-12,15-26H2,2H3,(H,39,49)(H,40,48)(H,41,47)/t29-,30-,31?,32?/m0/s1. The number of likely N-dealkylation sites (N-methyl/N-ethyl adjacent to an activating group) is 1. The van der Waals surface area contributed by atoms with Gasteiger partial charge >= 0.3 is 5.92 Å². The van der Waals surface area contributed by atoms with E-state index in [9.17, 15) is 27.9 Å². The summed E-state index contributed by atoms with van der Waals surface area (Å²) in [5, 5.41) is 18.5. The third-order valence-electron chi connectivity index (χ3n) is 10.2. The van der Waals surface area contributed by atoms with E-state index in [0.717, 1.165) is 32.1 Å². The highest BCUT2D eigenvalue weighted by Crippen LogP contribution is 2.31. The monoisotopic (exact) mass is 769 g/mol. The maximum atomic E-state index is 15.6. The number of alkyl halides is 2. The first-order chi connectivity index (χ1) is 25.3. The number of carbonyl (C=O) groups excluding carboxylic acids is 3. The molecule has 0 radical (unpaired) electrons. The molecule has 1 aromatic rings. The highest BCUT2D eigenvalue weighted by molar-refractivity contribution is 7.87. The fourth-order valence-electron chi connectivity index (χ4n) is 6.98. The molecule has 1 aromatic carbocycles. The van der Waals surface area contributed by atoms with E-state index >= 15 is 8.78 Å². The predicted molar refractivity (Wildman–Crippen MR) is 196 cm³/mol. The van der Waals surface area contributed by atoms with Gasteiger partial charge in [0.15, 0.2) is 0 Å². The van der Waals surface area contributed by atoms with Crippen molar-refractivity contribution >= 4 is 27.9 Å². The zero-order chi connectivity index (χ0) is 38.4. The summed E-state index contributed by atoms with van der Waals surface area (Å²) in [5.74, 6) is -7.63. The maximum Gasteiger partial charge on any atom is 0.351 e. The number of ether oxygens (including phenoxy) is 1. The lowest BCUT2D eigenvalue weighted by Gasteiger charge is -2.34. The Kier molecular flexibility index (Phi) is 16.6. The minimum absolute atomic E-state index is 0.000233. The van der Waals surface area contributed by atoms with E-state index in [1.165, 1.54) is 10.4 Å². The Morgan fingerprint density at radius 2 is 1.62 bits per heavy atom. The summed E-state index contributed by atoms with van der Waals surface area (Å²) in [6, 6.07) is 4.60. The Morgan fingerprint density at radius 3 is 2.26 bits per heavy atom. The van der Waals surface area contributed by atoms with Crippen LogP contribution in [0.4, 0.5) is 8.78 Å². The largest absolute Gasteiger partial charge is 0.384 e. The minimum atomic E-state index is -4.24. The quantitative estimate of drug-likeness (QED) is 0.127. The molecule has 0 aromatic heterocycles. The maximum absolute atomic E-state index is 15.6. The van der Waals surface area contributed by atoms with Gasteiger partial charge in [0.25, 0.3) is 16.1 Å². The molecule has 2 unspecified atom stereocenters. The van der Waals surface area contributed by atoms with Crippen molar-refractivity contribution < 1.29 is 41.4 Å². The lowest BCUT2D eigenvalue weighted by Crippen LogP contribution is -2.61. The van der Waals surface area contributed by atoms with E-state index in [0.29, 0.717) is 51.5 Å². The molecule has 0 spiro atoms. The van der Waals surface area contributed by atoms with Crippen LogP contribution in [0.15, 0.2) is 43.0 Å². The average molecular weight is 770 g/mol. The number of halogens is 2. The molecule has 4 rings (SSSR count). The summed E-state index contributed by atoms with van der Waals surface area (Å²) in [5.41, 5.74) is 0.666. The third-order valence-corrected chi connectivity index (χ3v) is 11.9. The second-order valence-corrected chi connectivity index (χ2v) is 16.0. The molecule has 3 aliphatic rings. The normalized spacial score (nSPS) is 20.8. The number of hydrogen-bond acceptors (Lipinski definition) is 9. The first-order valence-corrected chi connectivity index (χ1v) is 20.1. The van der Waals surface area contributed by atoms with E-state index in [1.807, 2.05) is 16.8 Å². The van der Waals surface area contributed by atoms with Gasteiger partial charge in [-0.2, -0.15) is 26.2 Å². The molecular formula is C36H57F2N7O7S. The van der Waals surface area contributed by atoms with Crippen LogP contribution >= 0.6 is 0 Å². The molecule has 53 heavy (non-hydrogen) atoms. The molecule has 4 atom stereocenters. The van der Waals surface area contributed by atoms with Crippen LogP contribution in [0.1, 0.15) is 50.5 Å². The van der Waals surface area contributed by atoms with Crippen LogP contribution in [0.2, 0.25) is 0 Å². The average Bonchev–Trinajstić information content (AvgIpc) is 3.15. The summed E-state index contributed by atoms with van der Waals surface area (Å²) in [6.07, 6.45) is 2.85.